The number of carboxylic acids is 1. The Morgan fingerprint density at radius 1 is 1.33 bits per heavy atom. The topological polar surface area (TPSA) is 63.6 Å². The van der Waals surface area contributed by atoms with Crippen molar-refractivity contribution in [2.45, 2.75) is 26.4 Å². The lowest BCUT2D eigenvalue weighted by molar-refractivity contribution is -0.151. The summed E-state index contributed by atoms with van der Waals surface area (Å²) in [5.74, 6) is -1.00. The number of hydrogen-bond donors (Lipinski definition) is 1. The average Bonchev–Trinajstić information content (AvgIpc) is 2.00. The molecule has 0 spiro atoms. The van der Waals surface area contributed by atoms with Crippen molar-refractivity contribution in [3.05, 3.63) is 12.2 Å². The standard InChI is InChI=1S/C10H16O4S/c1-7(9(12)13)5-15-6-8(11)14-10(2,3)4/h1,5-6H2,2-4H3,(H,12,13). The molecular formula is C10H16O4S. The van der Waals surface area contributed by atoms with E-state index in [1.54, 1.807) is 20.8 Å². The second-order valence-electron chi connectivity index (χ2n) is 3.99. The van der Waals surface area contributed by atoms with Gasteiger partial charge in [0.15, 0.2) is 0 Å². The molecule has 0 heterocycles. The van der Waals surface area contributed by atoms with Gasteiger partial charge in [0.1, 0.15) is 5.60 Å². The molecule has 4 nitrogen and oxygen atoms in total. The fourth-order valence-electron chi connectivity index (χ4n) is 0.690. The van der Waals surface area contributed by atoms with Gasteiger partial charge in [-0.25, -0.2) is 4.79 Å². The van der Waals surface area contributed by atoms with Gasteiger partial charge in [-0.15, -0.1) is 11.8 Å². The number of carboxylic acid groups (broad SMARTS) is 1. The molecule has 5 heteroatoms. The number of thioether (sulfide) groups is 1. The van der Waals surface area contributed by atoms with Crippen molar-refractivity contribution in [2.24, 2.45) is 0 Å². The molecule has 0 amide bonds. The highest BCUT2D eigenvalue weighted by atomic mass is 32.2. The molecule has 0 unspecified atom stereocenters. The molecule has 1 N–H and O–H groups in total. The van der Waals surface area contributed by atoms with Gasteiger partial charge in [0.25, 0.3) is 0 Å². The maximum Gasteiger partial charge on any atom is 0.331 e. The molecule has 86 valence electrons. The van der Waals surface area contributed by atoms with Gasteiger partial charge in [0, 0.05) is 11.3 Å². The molecule has 0 atom stereocenters. The van der Waals surface area contributed by atoms with Crippen molar-refractivity contribution in [3.8, 4) is 0 Å². The van der Waals surface area contributed by atoms with E-state index in [0.29, 0.717) is 0 Å². The highest BCUT2D eigenvalue weighted by molar-refractivity contribution is 8.00. The Morgan fingerprint density at radius 3 is 2.27 bits per heavy atom. The fourth-order valence-corrected chi connectivity index (χ4v) is 1.39. The molecule has 0 fully saturated rings. The van der Waals surface area contributed by atoms with Crippen molar-refractivity contribution in [3.63, 3.8) is 0 Å². The highest BCUT2D eigenvalue weighted by Gasteiger charge is 2.16. The number of aliphatic carboxylic acids is 1. The second kappa shape index (κ2) is 5.80. The first-order valence-electron chi connectivity index (χ1n) is 4.43. The minimum absolute atomic E-state index is 0.0866. The van der Waals surface area contributed by atoms with Gasteiger partial charge >= 0.3 is 11.9 Å². The van der Waals surface area contributed by atoms with Crippen molar-refractivity contribution < 1.29 is 19.4 Å². The lowest BCUT2D eigenvalue weighted by Crippen LogP contribution is -2.25. The summed E-state index contributed by atoms with van der Waals surface area (Å²) in [5.41, 5.74) is -0.412. The van der Waals surface area contributed by atoms with Crippen LogP contribution in [0.25, 0.3) is 0 Å². The van der Waals surface area contributed by atoms with Crippen LogP contribution in [-0.2, 0) is 14.3 Å². The number of ether oxygens (including phenoxy) is 1. The van der Waals surface area contributed by atoms with Crippen molar-refractivity contribution in [2.75, 3.05) is 11.5 Å². The third kappa shape index (κ3) is 8.05. The normalized spacial score (nSPS) is 10.9. The summed E-state index contributed by atoms with van der Waals surface area (Å²) in [4.78, 5) is 21.6. The summed E-state index contributed by atoms with van der Waals surface area (Å²) in [7, 11) is 0. The SMILES string of the molecule is C=C(CSCC(=O)OC(C)(C)C)C(=O)O. The quantitative estimate of drug-likeness (QED) is 0.577. The Balaban J connectivity index is 3.74. The first-order valence-corrected chi connectivity index (χ1v) is 5.58. The lowest BCUT2D eigenvalue weighted by atomic mass is 10.2. The number of hydrogen-bond acceptors (Lipinski definition) is 4. The van der Waals surface area contributed by atoms with Crippen LogP contribution in [0.1, 0.15) is 20.8 Å². The van der Waals surface area contributed by atoms with E-state index in [0.717, 1.165) is 0 Å². The van der Waals surface area contributed by atoms with E-state index in [4.69, 9.17) is 9.84 Å². The maximum absolute atomic E-state index is 11.2. The van der Waals surface area contributed by atoms with Gasteiger partial charge in [0.2, 0.25) is 0 Å². The van der Waals surface area contributed by atoms with Crippen molar-refractivity contribution in [1.29, 1.82) is 0 Å². The number of carbonyl (C=O) groups excluding carboxylic acids is 1. The smallest absolute Gasteiger partial charge is 0.331 e. The van der Waals surface area contributed by atoms with Gasteiger partial charge in [0.05, 0.1) is 5.75 Å². The summed E-state index contributed by atoms with van der Waals surface area (Å²) >= 11 is 1.18. The summed E-state index contributed by atoms with van der Waals surface area (Å²) < 4.78 is 5.04. The predicted octanol–water partition coefficient (Wildman–Crippen LogP) is 1.70. The highest BCUT2D eigenvalue weighted by Crippen LogP contribution is 2.11. The van der Waals surface area contributed by atoms with Gasteiger partial charge in [-0.3, -0.25) is 4.79 Å². The Kier molecular flexibility index (Phi) is 5.43. The molecule has 0 saturated heterocycles. The minimum atomic E-state index is -1.04. The van der Waals surface area contributed by atoms with Gasteiger partial charge in [-0.2, -0.15) is 0 Å². The van der Waals surface area contributed by atoms with Crippen LogP contribution < -0.4 is 0 Å². The summed E-state index contributed by atoms with van der Waals surface area (Å²) in [6.45, 7) is 8.70. The van der Waals surface area contributed by atoms with Gasteiger partial charge in [-0.1, -0.05) is 6.58 Å². The Bertz CT molecular complexity index is 265. The van der Waals surface area contributed by atoms with Crippen LogP contribution in [0.15, 0.2) is 12.2 Å². The summed E-state index contributed by atoms with van der Waals surface area (Å²) in [6.07, 6.45) is 0. The lowest BCUT2D eigenvalue weighted by Gasteiger charge is -2.19. The summed E-state index contributed by atoms with van der Waals surface area (Å²) in [5, 5.41) is 8.50. The predicted molar refractivity (Wildman–Crippen MR) is 59.9 cm³/mol. The molecule has 0 aromatic carbocycles. The van der Waals surface area contributed by atoms with E-state index < -0.39 is 11.6 Å². The monoisotopic (exact) mass is 232 g/mol. The Morgan fingerprint density at radius 2 is 1.87 bits per heavy atom. The van der Waals surface area contributed by atoms with Crippen LogP contribution in [-0.4, -0.2) is 34.2 Å². The molecule has 0 saturated carbocycles. The average molecular weight is 232 g/mol. The van der Waals surface area contributed by atoms with E-state index in [-0.39, 0.29) is 23.0 Å². The zero-order valence-corrected chi connectivity index (χ0v) is 10.0. The number of carbonyl (C=O) groups is 2. The van der Waals surface area contributed by atoms with Crippen LogP contribution >= 0.6 is 11.8 Å². The Labute approximate surface area is 93.7 Å². The van der Waals surface area contributed by atoms with E-state index >= 15 is 0 Å². The van der Waals surface area contributed by atoms with E-state index in [1.165, 1.54) is 11.8 Å². The van der Waals surface area contributed by atoms with Crippen LogP contribution in [0.4, 0.5) is 0 Å². The first kappa shape index (κ1) is 14.0. The number of esters is 1. The molecule has 0 bridgehead atoms. The van der Waals surface area contributed by atoms with Crippen LogP contribution in [0.5, 0.6) is 0 Å². The summed E-state index contributed by atoms with van der Waals surface area (Å²) in [6, 6.07) is 0. The third-order valence-corrected chi connectivity index (χ3v) is 2.21. The second-order valence-corrected chi connectivity index (χ2v) is 4.97. The van der Waals surface area contributed by atoms with Crippen molar-refractivity contribution >= 4 is 23.7 Å². The zero-order valence-electron chi connectivity index (χ0n) is 9.20. The molecule has 0 aliphatic rings. The molecule has 0 aromatic heterocycles. The van der Waals surface area contributed by atoms with E-state index in [1.807, 2.05) is 0 Å². The van der Waals surface area contributed by atoms with Crippen LogP contribution in [0.3, 0.4) is 0 Å². The van der Waals surface area contributed by atoms with Crippen LogP contribution in [0, 0.1) is 0 Å². The molecular weight excluding hydrogens is 216 g/mol. The minimum Gasteiger partial charge on any atom is -0.478 e. The number of rotatable bonds is 5. The molecule has 0 rings (SSSR count). The van der Waals surface area contributed by atoms with Crippen molar-refractivity contribution in [1.82, 2.24) is 0 Å². The largest absolute Gasteiger partial charge is 0.478 e. The van der Waals surface area contributed by atoms with Crippen LogP contribution in [0.2, 0.25) is 0 Å². The first-order chi connectivity index (χ1) is 6.72. The molecule has 0 aliphatic heterocycles. The van der Waals surface area contributed by atoms with Gasteiger partial charge in [-0.05, 0) is 20.8 Å². The Hall–Kier alpha value is -0.970. The molecule has 0 aromatic rings. The molecule has 0 aliphatic carbocycles. The third-order valence-electron chi connectivity index (χ3n) is 1.22. The van der Waals surface area contributed by atoms with E-state index in [9.17, 15) is 9.59 Å². The van der Waals surface area contributed by atoms with Gasteiger partial charge < -0.3 is 9.84 Å². The molecule has 15 heavy (non-hydrogen) atoms. The fraction of sp³-hybridized carbons (Fsp3) is 0.600. The molecule has 0 radical (unpaired) electrons. The maximum atomic E-state index is 11.2. The zero-order chi connectivity index (χ0) is 12.1. The van der Waals surface area contributed by atoms with E-state index in [2.05, 4.69) is 6.58 Å².